The van der Waals surface area contributed by atoms with Gasteiger partial charge in [0.25, 0.3) is 0 Å². The lowest BCUT2D eigenvalue weighted by atomic mass is 9.95. The molecule has 7 nitrogen and oxygen atoms in total. The monoisotopic (exact) mass is 499 g/mol. The third-order valence-corrected chi connectivity index (χ3v) is 7.27. The van der Waals surface area contributed by atoms with Crippen LogP contribution in [0.2, 0.25) is 0 Å². The van der Waals surface area contributed by atoms with E-state index in [1.807, 2.05) is 13.2 Å². The molecule has 3 aromatic rings. The highest BCUT2D eigenvalue weighted by Gasteiger charge is 2.29. The maximum absolute atomic E-state index is 13.9. The van der Waals surface area contributed by atoms with E-state index >= 15 is 0 Å². The number of aromatic nitrogens is 4. The quantitative estimate of drug-likeness (QED) is 0.500. The third kappa shape index (κ3) is 4.91. The van der Waals surface area contributed by atoms with E-state index < -0.39 is 17.8 Å². The average molecular weight is 500 g/mol. The number of alkyl halides is 1. The van der Waals surface area contributed by atoms with E-state index in [0.29, 0.717) is 30.9 Å². The normalized spacial score (nSPS) is 17.4. The highest BCUT2D eigenvalue weighted by molar-refractivity contribution is 5.60. The van der Waals surface area contributed by atoms with Crippen LogP contribution in [-0.2, 0) is 13.0 Å². The number of halogens is 3. The molecule has 0 amide bonds. The number of nitrogens with zero attached hydrogens (tertiary/aromatic N) is 6. The van der Waals surface area contributed by atoms with Gasteiger partial charge in [0.2, 0.25) is 0 Å². The van der Waals surface area contributed by atoms with Crippen molar-refractivity contribution in [1.29, 1.82) is 0 Å². The first kappa shape index (κ1) is 24.5. The second-order valence-electron chi connectivity index (χ2n) is 9.55. The van der Waals surface area contributed by atoms with E-state index in [-0.39, 0.29) is 5.92 Å². The molecule has 1 N–H and O–H groups in total. The minimum Gasteiger partial charge on any atom is -0.373 e. The summed E-state index contributed by atoms with van der Waals surface area (Å²) in [7, 11) is 1.87. The number of imidazole rings is 1. The fourth-order valence-electron chi connectivity index (χ4n) is 5.23. The van der Waals surface area contributed by atoms with Gasteiger partial charge < -0.3 is 14.8 Å². The van der Waals surface area contributed by atoms with Crippen LogP contribution in [0.1, 0.15) is 37.1 Å². The molecule has 0 radical (unpaired) electrons. The number of hydrogen-bond acceptors (Lipinski definition) is 6. The van der Waals surface area contributed by atoms with Gasteiger partial charge in [-0.05, 0) is 37.5 Å². The number of benzene rings is 1. The van der Waals surface area contributed by atoms with Gasteiger partial charge in [0, 0.05) is 69.6 Å². The van der Waals surface area contributed by atoms with Crippen molar-refractivity contribution in [3.05, 3.63) is 53.7 Å². The van der Waals surface area contributed by atoms with E-state index in [1.54, 1.807) is 12.4 Å². The summed E-state index contributed by atoms with van der Waals surface area (Å²) in [5, 5.41) is 3.16. The summed E-state index contributed by atoms with van der Waals surface area (Å²) in [5.41, 5.74) is 2.29. The van der Waals surface area contributed by atoms with E-state index in [2.05, 4.69) is 36.6 Å². The smallest absolute Gasteiger partial charge is 0.159 e. The minimum absolute atomic E-state index is 0.223. The number of rotatable bonds is 8. The summed E-state index contributed by atoms with van der Waals surface area (Å²) in [6.07, 6.45) is 5.40. The predicted octanol–water partition coefficient (Wildman–Crippen LogP) is 4.26. The second kappa shape index (κ2) is 10.5. The van der Waals surface area contributed by atoms with Crippen molar-refractivity contribution in [3.63, 3.8) is 0 Å². The van der Waals surface area contributed by atoms with Crippen LogP contribution < -0.4 is 10.2 Å². The number of piperidine rings is 1. The summed E-state index contributed by atoms with van der Waals surface area (Å²) in [6, 6.07) is 3.88. The second-order valence-corrected chi connectivity index (χ2v) is 9.55. The summed E-state index contributed by atoms with van der Waals surface area (Å²) >= 11 is 0. The molecule has 0 saturated carbocycles. The van der Waals surface area contributed by atoms with Crippen LogP contribution in [0.3, 0.4) is 0 Å². The maximum Gasteiger partial charge on any atom is 0.159 e. The number of nitrogens with one attached hydrogen (secondary N) is 1. The largest absolute Gasteiger partial charge is 0.373 e. The summed E-state index contributed by atoms with van der Waals surface area (Å²) in [4.78, 5) is 18.2. The van der Waals surface area contributed by atoms with Gasteiger partial charge in [-0.15, -0.1) is 0 Å². The van der Waals surface area contributed by atoms with Gasteiger partial charge in [0.15, 0.2) is 11.6 Å². The molecular weight excluding hydrogens is 467 g/mol. The Morgan fingerprint density at radius 2 is 1.83 bits per heavy atom. The third-order valence-electron chi connectivity index (χ3n) is 7.27. The Bertz CT molecular complexity index is 1200. The molecule has 2 aromatic heterocycles. The number of hydrogen-bond donors (Lipinski definition) is 1. The van der Waals surface area contributed by atoms with Gasteiger partial charge in [-0.3, -0.25) is 4.90 Å². The summed E-state index contributed by atoms with van der Waals surface area (Å²) < 4.78 is 42.8. The van der Waals surface area contributed by atoms with Crippen molar-refractivity contribution < 1.29 is 13.2 Å². The predicted molar refractivity (Wildman–Crippen MR) is 134 cm³/mol. The Labute approximate surface area is 209 Å². The molecule has 10 heteroatoms. The van der Waals surface area contributed by atoms with Crippen LogP contribution in [0.4, 0.5) is 24.8 Å². The van der Waals surface area contributed by atoms with Crippen LogP contribution in [0, 0.1) is 11.6 Å². The molecule has 0 atom stereocenters. The van der Waals surface area contributed by atoms with Crippen molar-refractivity contribution in [2.75, 3.05) is 50.0 Å². The first-order valence-corrected chi connectivity index (χ1v) is 12.6. The van der Waals surface area contributed by atoms with Crippen LogP contribution >= 0.6 is 0 Å². The van der Waals surface area contributed by atoms with Crippen molar-refractivity contribution in [3.8, 4) is 11.3 Å². The molecule has 36 heavy (non-hydrogen) atoms. The first-order valence-electron chi connectivity index (χ1n) is 12.6. The van der Waals surface area contributed by atoms with Crippen molar-refractivity contribution >= 4 is 11.6 Å². The van der Waals surface area contributed by atoms with Crippen molar-refractivity contribution in [2.24, 2.45) is 0 Å². The van der Waals surface area contributed by atoms with E-state index in [0.717, 1.165) is 68.0 Å². The number of anilines is 2. The van der Waals surface area contributed by atoms with Crippen LogP contribution in [-0.4, -0.2) is 70.4 Å². The summed E-state index contributed by atoms with van der Waals surface area (Å²) in [5.74, 6) is 1.24. The highest BCUT2D eigenvalue weighted by atomic mass is 19.2. The van der Waals surface area contributed by atoms with Gasteiger partial charge >= 0.3 is 0 Å². The lowest BCUT2D eigenvalue weighted by Gasteiger charge is -2.35. The molecule has 1 aromatic carbocycles. The molecule has 2 saturated heterocycles. The molecule has 2 fully saturated rings. The number of likely N-dealkylation sites (tertiary alicyclic amines) is 1. The Morgan fingerprint density at radius 1 is 1.06 bits per heavy atom. The van der Waals surface area contributed by atoms with E-state index in [9.17, 15) is 13.2 Å². The van der Waals surface area contributed by atoms with Gasteiger partial charge in [-0.1, -0.05) is 6.92 Å². The molecule has 192 valence electrons. The van der Waals surface area contributed by atoms with Crippen molar-refractivity contribution in [1.82, 2.24) is 24.4 Å². The lowest BCUT2D eigenvalue weighted by molar-refractivity contribution is 0.0625. The molecule has 2 aliphatic rings. The van der Waals surface area contributed by atoms with Gasteiger partial charge in [-0.25, -0.2) is 28.1 Å². The van der Waals surface area contributed by atoms with Gasteiger partial charge in [-0.2, -0.15) is 0 Å². The topological polar surface area (TPSA) is 62.1 Å². The van der Waals surface area contributed by atoms with Gasteiger partial charge in [0.05, 0.1) is 5.69 Å². The molecular formula is C26H32F3N7. The van der Waals surface area contributed by atoms with E-state index in [4.69, 9.17) is 4.98 Å². The Kier molecular flexibility index (Phi) is 7.13. The Balaban J connectivity index is 1.36. The Morgan fingerprint density at radius 3 is 2.50 bits per heavy atom. The van der Waals surface area contributed by atoms with Crippen LogP contribution in [0.5, 0.6) is 0 Å². The molecule has 2 aliphatic heterocycles. The fraction of sp³-hybridized carbons (Fsp3) is 0.500. The zero-order valence-corrected chi connectivity index (χ0v) is 20.7. The molecule has 0 aliphatic carbocycles. The summed E-state index contributed by atoms with van der Waals surface area (Å²) in [6.45, 7) is 6.11. The molecule has 5 rings (SSSR count). The molecule has 0 bridgehead atoms. The molecule has 0 unspecified atom stereocenters. The maximum atomic E-state index is 13.9. The Hall–Kier alpha value is -3.14. The van der Waals surface area contributed by atoms with Crippen molar-refractivity contribution in [2.45, 2.75) is 44.8 Å². The highest BCUT2D eigenvalue weighted by Crippen LogP contribution is 2.34. The zero-order valence-electron chi connectivity index (χ0n) is 20.7. The van der Waals surface area contributed by atoms with Gasteiger partial charge in [0.1, 0.15) is 30.0 Å². The van der Waals surface area contributed by atoms with Crippen LogP contribution in [0.25, 0.3) is 11.3 Å². The fourth-order valence-corrected chi connectivity index (χ4v) is 5.23. The minimum atomic E-state index is -0.885. The standard InChI is InChI=1S/C26H32F3N7/c1-3-20-24(30-2)31-16-32-26(20)35-8-6-17(7-9-35)25-33-23(18-4-5-21(28)22(29)12-18)15-36(25)11-10-34-13-19(27)14-34/h4-5,12,15-17,19H,3,6-11,13-14H2,1-2H3,(H,30,31,32). The van der Waals surface area contributed by atoms with Crippen LogP contribution in [0.15, 0.2) is 30.7 Å². The average Bonchev–Trinajstić information content (AvgIpc) is 3.31. The lowest BCUT2D eigenvalue weighted by Crippen LogP contribution is -2.49. The SMILES string of the molecule is CCc1c(NC)ncnc1N1CCC(c2nc(-c3ccc(F)c(F)c3)cn2CCN2CC(F)C2)CC1. The molecule has 0 spiro atoms. The zero-order chi connectivity index (χ0) is 25.2. The van der Waals surface area contributed by atoms with E-state index in [1.165, 1.54) is 6.07 Å². The first-order chi connectivity index (χ1) is 17.5. The molecule has 4 heterocycles.